The topological polar surface area (TPSA) is 54.7 Å². The summed E-state index contributed by atoms with van der Waals surface area (Å²) in [6, 6.07) is 8.11. The van der Waals surface area contributed by atoms with Crippen LogP contribution in [-0.4, -0.2) is 9.97 Å². The SMILES string of the molecule is Cl.Nc1cc2cc3ccncc3cc2[nH]1. The van der Waals surface area contributed by atoms with Gasteiger partial charge in [-0.05, 0) is 29.7 Å². The van der Waals surface area contributed by atoms with Crippen molar-refractivity contribution in [3.05, 3.63) is 36.7 Å². The second-order valence-corrected chi connectivity index (χ2v) is 3.39. The average molecular weight is 220 g/mol. The normalized spacial score (nSPS) is 10.4. The minimum atomic E-state index is 0. The van der Waals surface area contributed by atoms with Gasteiger partial charge in [-0.25, -0.2) is 0 Å². The van der Waals surface area contributed by atoms with Crippen molar-refractivity contribution in [3.63, 3.8) is 0 Å². The molecule has 0 aliphatic heterocycles. The van der Waals surface area contributed by atoms with Gasteiger partial charge in [-0.1, -0.05) is 0 Å². The third kappa shape index (κ3) is 1.51. The van der Waals surface area contributed by atoms with Gasteiger partial charge >= 0.3 is 0 Å². The zero-order valence-corrected chi connectivity index (χ0v) is 8.71. The summed E-state index contributed by atoms with van der Waals surface area (Å²) in [7, 11) is 0. The van der Waals surface area contributed by atoms with Crippen LogP contribution in [0.1, 0.15) is 0 Å². The number of halogens is 1. The van der Waals surface area contributed by atoms with Gasteiger partial charge in [0, 0.05) is 28.7 Å². The number of benzene rings is 1. The van der Waals surface area contributed by atoms with E-state index in [-0.39, 0.29) is 12.4 Å². The van der Waals surface area contributed by atoms with E-state index in [1.54, 1.807) is 6.20 Å². The smallest absolute Gasteiger partial charge is 0.101 e. The van der Waals surface area contributed by atoms with Crippen LogP contribution in [0.15, 0.2) is 36.7 Å². The summed E-state index contributed by atoms with van der Waals surface area (Å²) in [4.78, 5) is 7.18. The molecule has 0 aliphatic rings. The first kappa shape index (κ1) is 9.80. The van der Waals surface area contributed by atoms with E-state index < -0.39 is 0 Å². The number of nitrogens with zero attached hydrogens (tertiary/aromatic N) is 1. The number of hydrogen-bond acceptors (Lipinski definition) is 2. The van der Waals surface area contributed by atoms with E-state index in [4.69, 9.17) is 5.73 Å². The van der Waals surface area contributed by atoms with E-state index in [1.165, 1.54) is 5.39 Å². The highest BCUT2D eigenvalue weighted by atomic mass is 35.5. The number of aromatic amines is 1. The molecule has 0 amide bonds. The van der Waals surface area contributed by atoms with Crippen molar-refractivity contribution >= 4 is 39.9 Å². The number of anilines is 1. The zero-order valence-electron chi connectivity index (χ0n) is 7.90. The molecule has 0 unspecified atom stereocenters. The Morgan fingerprint density at radius 2 is 1.93 bits per heavy atom. The molecule has 0 bridgehead atoms. The lowest BCUT2D eigenvalue weighted by molar-refractivity contribution is 1.36. The highest BCUT2D eigenvalue weighted by Crippen LogP contribution is 2.23. The summed E-state index contributed by atoms with van der Waals surface area (Å²) in [5, 5.41) is 3.45. The molecule has 15 heavy (non-hydrogen) atoms. The molecule has 2 aromatic heterocycles. The first-order valence-corrected chi connectivity index (χ1v) is 4.45. The monoisotopic (exact) mass is 219 g/mol. The van der Waals surface area contributed by atoms with Gasteiger partial charge in [-0.2, -0.15) is 0 Å². The van der Waals surface area contributed by atoms with Gasteiger partial charge < -0.3 is 10.7 Å². The number of H-pyrrole nitrogens is 1. The first-order valence-electron chi connectivity index (χ1n) is 4.45. The maximum Gasteiger partial charge on any atom is 0.101 e. The fourth-order valence-corrected chi connectivity index (χ4v) is 1.74. The van der Waals surface area contributed by atoms with Crippen molar-refractivity contribution in [2.75, 3.05) is 5.73 Å². The minimum Gasteiger partial charge on any atom is -0.385 e. The van der Waals surface area contributed by atoms with Crippen molar-refractivity contribution in [1.29, 1.82) is 0 Å². The second-order valence-electron chi connectivity index (χ2n) is 3.39. The number of nitrogens with one attached hydrogen (secondary N) is 1. The third-order valence-electron chi connectivity index (χ3n) is 2.40. The first-order chi connectivity index (χ1) is 6.83. The number of nitrogen functional groups attached to an aromatic ring is 1. The van der Waals surface area contributed by atoms with Crippen LogP contribution in [0.4, 0.5) is 5.82 Å². The Hall–Kier alpha value is -1.74. The Bertz CT molecular complexity index is 563. The molecule has 3 rings (SSSR count). The van der Waals surface area contributed by atoms with Crippen molar-refractivity contribution in [2.45, 2.75) is 0 Å². The molecule has 0 saturated heterocycles. The van der Waals surface area contributed by atoms with Crippen LogP contribution in [0.2, 0.25) is 0 Å². The Kier molecular flexibility index (Phi) is 2.25. The summed E-state index contributed by atoms with van der Waals surface area (Å²) >= 11 is 0. The van der Waals surface area contributed by atoms with E-state index >= 15 is 0 Å². The fourth-order valence-electron chi connectivity index (χ4n) is 1.74. The number of rotatable bonds is 0. The molecule has 1 aromatic carbocycles. The van der Waals surface area contributed by atoms with Crippen molar-refractivity contribution < 1.29 is 0 Å². The Morgan fingerprint density at radius 3 is 2.80 bits per heavy atom. The lowest BCUT2D eigenvalue weighted by Crippen LogP contribution is -1.80. The van der Waals surface area contributed by atoms with E-state index in [2.05, 4.69) is 22.1 Å². The van der Waals surface area contributed by atoms with Crippen LogP contribution in [0, 0.1) is 0 Å². The maximum absolute atomic E-state index is 5.68. The molecule has 0 radical (unpaired) electrons. The Morgan fingerprint density at radius 1 is 1.07 bits per heavy atom. The lowest BCUT2D eigenvalue weighted by atomic mass is 10.1. The maximum atomic E-state index is 5.68. The van der Waals surface area contributed by atoms with E-state index in [1.807, 2.05) is 18.3 Å². The van der Waals surface area contributed by atoms with Gasteiger partial charge in [0.15, 0.2) is 0 Å². The van der Waals surface area contributed by atoms with Crippen LogP contribution < -0.4 is 5.73 Å². The summed E-state index contributed by atoms with van der Waals surface area (Å²) in [6.45, 7) is 0. The van der Waals surface area contributed by atoms with Gasteiger partial charge in [0.05, 0.1) is 0 Å². The van der Waals surface area contributed by atoms with Gasteiger partial charge in [0.1, 0.15) is 5.82 Å². The predicted molar refractivity (Wildman–Crippen MR) is 65.3 cm³/mol. The molecule has 3 aromatic rings. The molecule has 0 spiro atoms. The van der Waals surface area contributed by atoms with Crippen LogP contribution in [0.3, 0.4) is 0 Å². The molecule has 2 heterocycles. The van der Waals surface area contributed by atoms with Crippen LogP contribution >= 0.6 is 12.4 Å². The summed E-state index contributed by atoms with van der Waals surface area (Å²) in [6.07, 6.45) is 3.65. The molecule has 0 aliphatic carbocycles. The van der Waals surface area contributed by atoms with Gasteiger partial charge in [-0.15, -0.1) is 12.4 Å². The average Bonchev–Trinajstić information content (AvgIpc) is 2.53. The zero-order chi connectivity index (χ0) is 9.54. The number of fused-ring (bicyclic) bond motifs is 2. The highest BCUT2D eigenvalue weighted by Gasteiger charge is 2.00. The summed E-state index contributed by atoms with van der Waals surface area (Å²) in [5.41, 5.74) is 6.74. The quantitative estimate of drug-likeness (QED) is 0.611. The fraction of sp³-hybridized carbons (Fsp3) is 0. The predicted octanol–water partition coefficient (Wildman–Crippen LogP) is 2.72. The Balaban J connectivity index is 0.000000853. The number of nitrogens with two attached hydrogens (primary N) is 1. The van der Waals surface area contributed by atoms with Crippen molar-refractivity contribution in [3.8, 4) is 0 Å². The molecular formula is C11H10ClN3. The Labute approximate surface area is 92.7 Å². The van der Waals surface area contributed by atoms with E-state index in [0.29, 0.717) is 5.82 Å². The van der Waals surface area contributed by atoms with Gasteiger partial charge in [-0.3, -0.25) is 4.98 Å². The molecule has 0 fully saturated rings. The molecular weight excluding hydrogens is 210 g/mol. The number of aromatic nitrogens is 2. The molecule has 0 atom stereocenters. The van der Waals surface area contributed by atoms with Crippen LogP contribution in [0.5, 0.6) is 0 Å². The lowest BCUT2D eigenvalue weighted by Gasteiger charge is -1.96. The van der Waals surface area contributed by atoms with Gasteiger partial charge in [0.2, 0.25) is 0 Å². The largest absolute Gasteiger partial charge is 0.385 e. The molecule has 3 N–H and O–H groups in total. The highest BCUT2D eigenvalue weighted by molar-refractivity contribution is 5.97. The van der Waals surface area contributed by atoms with Crippen molar-refractivity contribution in [1.82, 2.24) is 9.97 Å². The number of pyridine rings is 1. The van der Waals surface area contributed by atoms with Crippen LogP contribution in [0.25, 0.3) is 21.7 Å². The molecule has 76 valence electrons. The minimum absolute atomic E-state index is 0. The second kappa shape index (κ2) is 3.44. The van der Waals surface area contributed by atoms with E-state index in [0.717, 1.165) is 16.3 Å². The van der Waals surface area contributed by atoms with Crippen LogP contribution in [-0.2, 0) is 0 Å². The van der Waals surface area contributed by atoms with E-state index in [9.17, 15) is 0 Å². The molecule has 4 heteroatoms. The number of hydrogen-bond donors (Lipinski definition) is 2. The summed E-state index contributed by atoms with van der Waals surface area (Å²) in [5.74, 6) is 0.697. The molecule has 0 saturated carbocycles. The third-order valence-corrected chi connectivity index (χ3v) is 2.40. The van der Waals surface area contributed by atoms with Gasteiger partial charge in [0.25, 0.3) is 0 Å². The standard InChI is InChI=1S/C11H9N3.ClH/c12-11-5-8-3-7-1-2-13-6-9(7)4-10(8)14-11;/h1-6,14H,12H2;1H. The summed E-state index contributed by atoms with van der Waals surface area (Å²) < 4.78 is 0. The molecule has 3 nitrogen and oxygen atoms in total. The van der Waals surface area contributed by atoms with Crippen molar-refractivity contribution in [2.24, 2.45) is 0 Å².